The fraction of sp³-hybridized carbons (Fsp3) is 0. The van der Waals surface area contributed by atoms with Crippen LogP contribution in [0.25, 0.3) is 0 Å². The van der Waals surface area contributed by atoms with Crippen LogP contribution in [0.15, 0.2) is 91.0 Å². The van der Waals surface area contributed by atoms with Gasteiger partial charge in [-0.25, -0.2) is 0 Å². The molecule has 20 heavy (non-hydrogen) atoms. The smallest absolute Gasteiger partial charge is 0 e. The minimum atomic E-state index is -0.446. The second kappa shape index (κ2) is 7.76. The van der Waals surface area contributed by atoms with Crippen LogP contribution in [0.2, 0.25) is 0 Å². The van der Waals surface area contributed by atoms with Crippen LogP contribution >= 0.6 is 7.92 Å². The molecule has 1 radical (unpaired) electrons. The van der Waals surface area contributed by atoms with Crippen LogP contribution in [0, 0.1) is 0 Å². The van der Waals surface area contributed by atoms with E-state index < -0.39 is 7.92 Å². The molecule has 3 rings (SSSR count). The van der Waals surface area contributed by atoms with Gasteiger partial charge >= 0.3 is 0 Å². The van der Waals surface area contributed by atoms with Crippen molar-refractivity contribution in [2.45, 2.75) is 0 Å². The van der Waals surface area contributed by atoms with Gasteiger partial charge in [0.05, 0.1) is 0 Å². The van der Waals surface area contributed by atoms with E-state index in [1.165, 1.54) is 15.9 Å². The molecule has 0 heterocycles. The predicted octanol–water partition coefficient (Wildman–Crippen LogP) is 3.06. The van der Waals surface area contributed by atoms with Gasteiger partial charge in [-0.05, 0) is 23.8 Å². The second-order valence-corrected chi connectivity index (χ2v) is 6.56. The maximum atomic E-state index is 2.23. The molecule has 0 saturated heterocycles. The molecular weight excluding hydrogens is 270 g/mol. The van der Waals surface area contributed by atoms with Crippen molar-refractivity contribution in [2.75, 3.05) is 0 Å². The van der Waals surface area contributed by atoms with Gasteiger partial charge in [0.15, 0.2) is 0 Å². The van der Waals surface area contributed by atoms with Crippen molar-refractivity contribution in [3.63, 3.8) is 0 Å². The molecule has 0 spiro atoms. The van der Waals surface area contributed by atoms with E-state index in [0.717, 1.165) is 0 Å². The molecule has 3 aromatic rings. The van der Waals surface area contributed by atoms with Crippen molar-refractivity contribution in [2.24, 2.45) is 0 Å². The van der Waals surface area contributed by atoms with E-state index >= 15 is 0 Å². The Labute approximate surface area is 143 Å². The third-order valence-corrected chi connectivity index (χ3v) is 5.49. The van der Waals surface area contributed by atoms with Crippen molar-refractivity contribution in [3.8, 4) is 0 Å². The van der Waals surface area contributed by atoms with Crippen LogP contribution in [-0.4, -0.2) is 29.6 Å². The van der Waals surface area contributed by atoms with E-state index in [0.29, 0.717) is 0 Å². The molecule has 0 saturated carbocycles. The van der Waals surface area contributed by atoms with Crippen molar-refractivity contribution in [1.29, 1.82) is 0 Å². The van der Waals surface area contributed by atoms with Crippen LogP contribution in [0.4, 0.5) is 0 Å². The largest absolute Gasteiger partial charge is 0.0622 e. The maximum Gasteiger partial charge on any atom is 0 e. The van der Waals surface area contributed by atoms with Gasteiger partial charge < -0.3 is 0 Å². The summed E-state index contributed by atoms with van der Waals surface area (Å²) in [6.45, 7) is 0. The summed E-state index contributed by atoms with van der Waals surface area (Å²) in [5, 5.41) is 4.19. The third kappa shape index (κ3) is 3.59. The number of rotatable bonds is 3. The number of hydrogen-bond donors (Lipinski definition) is 0. The first-order valence-corrected chi connectivity index (χ1v) is 7.74. The summed E-state index contributed by atoms with van der Waals surface area (Å²) in [4.78, 5) is 0. The zero-order chi connectivity index (χ0) is 12.9. The minimum Gasteiger partial charge on any atom is -0.0622 e. The molecular formula is C18H15NaP. The molecule has 0 aliphatic carbocycles. The molecule has 0 atom stereocenters. The summed E-state index contributed by atoms with van der Waals surface area (Å²) in [5.41, 5.74) is 0. The van der Waals surface area contributed by atoms with Crippen LogP contribution in [0.1, 0.15) is 0 Å². The first-order chi connectivity index (χ1) is 9.45. The van der Waals surface area contributed by atoms with Gasteiger partial charge in [-0.2, -0.15) is 0 Å². The van der Waals surface area contributed by atoms with Crippen molar-refractivity contribution in [1.82, 2.24) is 0 Å². The normalized spacial score (nSPS) is 10.1. The summed E-state index contributed by atoms with van der Waals surface area (Å²) in [5.74, 6) is 0. The van der Waals surface area contributed by atoms with Crippen LogP contribution < -0.4 is 15.9 Å². The summed E-state index contributed by atoms with van der Waals surface area (Å²) < 4.78 is 0. The number of hydrogen-bond acceptors (Lipinski definition) is 0. The Kier molecular flexibility index (Phi) is 6.01. The molecule has 0 aliphatic rings. The summed E-state index contributed by atoms with van der Waals surface area (Å²) in [6, 6.07) is 32.3. The second-order valence-electron chi connectivity index (χ2n) is 4.34. The Bertz CT molecular complexity index is 529. The van der Waals surface area contributed by atoms with Crippen molar-refractivity contribution < 1.29 is 0 Å². The van der Waals surface area contributed by atoms with Crippen LogP contribution in [0.3, 0.4) is 0 Å². The Hall–Kier alpha value is -0.910. The SMILES string of the molecule is [Na].c1ccc(P(c2ccccc2)c2ccccc2)cc1. The van der Waals surface area contributed by atoms with Gasteiger partial charge in [0.2, 0.25) is 0 Å². The first kappa shape index (κ1) is 15.5. The molecule has 0 amide bonds. The molecule has 93 valence electrons. The topological polar surface area (TPSA) is 0 Å². The van der Waals surface area contributed by atoms with Gasteiger partial charge in [-0.3, -0.25) is 0 Å². The zero-order valence-corrected chi connectivity index (χ0v) is 14.5. The minimum absolute atomic E-state index is 0. The molecule has 0 aliphatic heterocycles. The molecule has 0 nitrogen and oxygen atoms in total. The third-order valence-electron chi connectivity index (χ3n) is 3.04. The summed E-state index contributed by atoms with van der Waals surface area (Å²) in [7, 11) is -0.446. The molecule has 0 bridgehead atoms. The fourth-order valence-electron chi connectivity index (χ4n) is 2.18. The van der Waals surface area contributed by atoms with Gasteiger partial charge in [0.1, 0.15) is 0 Å². The standard InChI is InChI=1S/C18H15P.Na/c1-4-10-16(11-5-1)19(17-12-6-2-7-13-17)18-14-8-3-9-15-18;/h1-15H;. The Balaban J connectivity index is 0.00000147. The van der Waals surface area contributed by atoms with E-state index in [9.17, 15) is 0 Å². The van der Waals surface area contributed by atoms with Crippen molar-refractivity contribution >= 4 is 53.4 Å². The molecule has 3 aromatic carbocycles. The van der Waals surface area contributed by atoms with Gasteiger partial charge in [-0.15, -0.1) is 0 Å². The van der Waals surface area contributed by atoms with E-state index in [2.05, 4.69) is 91.0 Å². The molecule has 0 unspecified atom stereocenters. The Morgan fingerprint density at radius 2 is 0.650 bits per heavy atom. The van der Waals surface area contributed by atoms with Gasteiger partial charge in [0, 0.05) is 29.6 Å². The molecule has 0 aromatic heterocycles. The average Bonchev–Trinajstić information content (AvgIpc) is 2.51. The Morgan fingerprint density at radius 1 is 0.400 bits per heavy atom. The quantitative estimate of drug-likeness (QED) is 0.512. The fourth-order valence-corrected chi connectivity index (χ4v) is 4.48. The first-order valence-electron chi connectivity index (χ1n) is 6.40. The molecule has 0 fully saturated rings. The molecule has 2 heteroatoms. The van der Waals surface area contributed by atoms with Crippen LogP contribution in [-0.2, 0) is 0 Å². The van der Waals surface area contributed by atoms with E-state index in [1.807, 2.05) is 0 Å². The van der Waals surface area contributed by atoms with E-state index in [4.69, 9.17) is 0 Å². The van der Waals surface area contributed by atoms with Gasteiger partial charge in [-0.1, -0.05) is 91.0 Å². The summed E-state index contributed by atoms with van der Waals surface area (Å²) >= 11 is 0. The Morgan fingerprint density at radius 3 is 0.900 bits per heavy atom. The monoisotopic (exact) mass is 285 g/mol. The maximum absolute atomic E-state index is 2.23. The predicted molar refractivity (Wildman–Crippen MR) is 90.9 cm³/mol. The van der Waals surface area contributed by atoms with Crippen LogP contribution in [0.5, 0.6) is 0 Å². The number of benzene rings is 3. The molecule has 0 N–H and O–H groups in total. The van der Waals surface area contributed by atoms with E-state index in [-0.39, 0.29) is 29.6 Å². The summed E-state index contributed by atoms with van der Waals surface area (Å²) in [6.07, 6.45) is 0. The zero-order valence-electron chi connectivity index (χ0n) is 11.6. The van der Waals surface area contributed by atoms with Gasteiger partial charge in [0.25, 0.3) is 0 Å². The average molecular weight is 285 g/mol. The van der Waals surface area contributed by atoms with E-state index in [1.54, 1.807) is 0 Å². The van der Waals surface area contributed by atoms with Crippen molar-refractivity contribution in [3.05, 3.63) is 91.0 Å².